The second-order valence-electron chi connectivity index (χ2n) is 6.21. The van der Waals surface area contributed by atoms with Crippen LogP contribution in [-0.2, 0) is 21.4 Å². The molecule has 5 nitrogen and oxygen atoms in total. The number of nitrogens with zero attached hydrogens (tertiary/aromatic N) is 2. The number of hydrogen-bond acceptors (Lipinski definition) is 3. The summed E-state index contributed by atoms with van der Waals surface area (Å²) in [5, 5.41) is 0.500. The zero-order valence-corrected chi connectivity index (χ0v) is 15.1. The van der Waals surface area contributed by atoms with Gasteiger partial charge in [-0.1, -0.05) is 36.7 Å². The van der Waals surface area contributed by atoms with Crippen LogP contribution in [0, 0.1) is 5.92 Å². The van der Waals surface area contributed by atoms with Gasteiger partial charge in [-0.25, -0.2) is 8.42 Å². The minimum atomic E-state index is -3.50. The number of sulfonamides is 1. The topological polar surface area (TPSA) is 57.7 Å². The average molecular weight is 359 g/mol. The third-order valence-electron chi connectivity index (χ3n) is 4.09. The Hall–Kier alpha value is -1.11. The van der Waals surface area contributed by atoms with Crippen molar-refractivity contribution in [3.63, 3.8) is 0 Å². The second-order valence-corrected chi connectivity index (χ2v) is 8.60. The van der Waals surface area contributed by atoms with E-state index in [4.69, 9.17) is 11.6 Å². The molecule has 128 valence electrons. The molecule has 1 amide bonds. The van der Waals surface area contributed by atoms with Crippen molar-refractivity contribution in [2.75, 3.05) is 25.9 Å². The van der Waals surface area contributed by atoms with E-state index in [9.17, 15) is 13.2 Å². The maximum atomic E-state index is 12.5. The van der Waals surface area contributed by atoms with Gasteiger partial charge in [-0.3, -0.25) is 4.79 Å². The highest BCUT2D eigenvalue weighted by Gasteiger charge is 2.26. The Kier molecular flexibility index (Phi) is 6.06. The van der Waals surface area contributed by atoms with Crippen LogP contribution in [0.4, 0.5) is 0 Å². The lowest BCUT2D eigenvalue weighted by Gasteiger charge is -2.32. The summed E-state index contributed by atoms with van der Waals surface area (Å²) in [5.74, 6) is 0.317. The van der Waals surface area contributed by atoms with Gasteiger partial charge < -0.3 is 4.90 Å². The molecule has 1 atom stereocenters. The summed E-state index contributed by atoms with van der Waals surface area (Å²) < 4.78 is 25.3. The molecule has 0 aromatic heterocycles. The van der Waals surface area contributed by atoms with Gasteiger partial charge in [0, 0.05) is 24.7 Å². The first-order valence-corrected chi connectivity index (χ1v) is 9.96. The summed E-state index contributed by atoms with van der Waals surface area (Å²) in [6.45, 7) is 3.47. The van der Waals surface area contributed by atoms with Gasteiger partial charge in [-0.05, 0) is 30.4 Å². The van der Waals surface area contributed by atoms with Crippen LogP contribution in [0.15, 0.2) is 24.3 Å². The van der Waals surface area contributed by atoms with Crippen molar-refractivity contribution in [2.24, 2.45) is 5.92 Å². The molecule has 1 fully saturated rings. The standard InChI is InChI=1S/C16H23ClN2O3S/c1-13-6-5-9-18(10-13)16(20)12-19(23(2,21)22)11-14-7-3-4-8-15(14)17/h3-4,7-8,13H,5-6,9-12H2,1-2H3/t13-/m0/s1. The van der Waals surface area contributed by atoms with E-state index in [0.29, 0.717) is 29.6 Å². The summed E-state index contributed by atoms with van der Waals surface area (Å²) in [6, 6.07) is 7.08. The van der Waals surface area contributed by atoms with E-state index >= 15 is 0 Å². The molecule has 23 heavy (non-hydrogen) atoms. The van der Waals surface area contributed by atoms with Crippen molar-refractivity contribution < 1.29 is 13.2 Å². The molecule has 0 aliphatic carbocycles. The third kappa shape index (κ3) is 5.19. The van der Waals surface area contributed by atoms with Gasteiger partial charge in [0.1, 0.15) is 0 Å². The number of likely N-dealkylation sites (tertiary alicyclic amines) is 1. The van der Waals surface area contributed by atoms with Gasteiger partial charge >= 0.3 is 0 Å². The van der Waals surface area contributed by atoms with E-state index < -0.39 is 10.0 Å². The van der Waals surface area contributed by atoms with Crippen LogP contribution in [0.3, 0.4) is 0 Å². The molecule has 0 N–H and O–H groups in total. The molecule has 1 aliphatic rings. The summed E-state index contributed by atoms with van der Waals surface area (Å²) in [5.41, 5.74) is 0.694. The SMILES string of the molecule is C[C@H]1CCCN(C(=O)CN(Cc2ccccc2Cl)S(C)(=O)=O)C1. The second kappa shape index (κ2) is 7.64. The maximum Gasteiger partial charge on any atom is 0.237 e. The van der Waals surface area contributed by atoms with Crippen LogP contribution in [0.1, 0.15) is 25.3 Å². The number of hydrogen-bond donors (Lipinski definition) is 0. The Morgan fingerprint density at radius 3 is 2.70 bits per heavy atom. The van der Waals surface area contributed by atoms with Crippen LogP contribution in [0.2, 0.25) is 5.02 Å². The zero-order valence-electron chi connectivity index (χ0n) is 13.5. The lowest BCUT2D eigenvalue weighted by molar-refractivity contribution is -0.133. The van der Waals surface area contributed by atoms with Crippen molar-refractivity contribution in [1.82, 2.24) is 9.21 Å². The van der Waals surface area contributed by atoms with Crippen molar-refractivity contribution >= 4 is 27.5 Å². The van der Waals surface area contributed by atoms with Gasteiger partial charge in [0.15, 0.2) is 0 Å². The van der Waals surface area contributed by atoms with E-state index in [2.05, 4.69) is 6.92 Å². The fraction of sp³-hybridized carbons (Fsp3) is 0.562. The number of benzene rings is 1. The first kappa shape index (κ1) is 18.2. The largest absolute Gasteiger partial charge is 0.341 e. The molecule has 0 saturated carbocycles. The lowest BCUT2D eigenvalue weighted by atomic mass is 10.0. The molecule has 0 bridgehead atoms. The predicted octanol–water partition coefficient (Wildman–Crippen LogP) is 2.36. The van der Waals surface area contributed by atoms with E-state index in [1.165, 1.54) is 4.31 Å². The minimum Gasteiger partial charge on any atom is -0.341 e. The fourth-order valence-corrected chi connectivity index (χ4v) is 3.69. The van der Waals surface area contributed by atoms with Crippen LogP contribution in [0.5, 0.6) is 0 Å². The maximum absolute atomic E-state index is 12.5. The van der Waals surface area contributed by atoms with E-state index in [1.807, 2.05) is 0 Å². The van der Waals surface area contributed by atoms with Crippen LogP contribution < -0.4 is 0 Å². The summed E-state index contributed by atoms with van der Waals surface area (Å²) in [4.78, 5) is 14.2. The molecule has 0 spiro atoms. The van der Waals surface area contributed by atoms with Gasteiger partial charge in [-0.2, -0.15) is 4.31 Å². The predicted molar refractivity (Wildman–Crippen MR) is 91.7 cm³/mol. The third-order valence-corrected chi connectivity index (χ3v) is 5.66. The highest BCUT2D eigenvalue weighted by Crippen LogP contribution is 2.20. The van der Waals surface area contributed by atoms with Gasteiger partial charge in [-0.15, -0.1) is 0 Å². The normalized spacial score (nSPS) is 19.1. The first-order valence-electron chi connectivity index (χ1n) is 7.73. The van der Waals surface area contributed by atoms with E-state index in [1.54, 1.807) is 29.2 Å². The number of piperidine rings is 1. The van der Waals surface area contributed by atoms with Gasteiger partial charge in [0.2, 0.25) is 15.9 Å². The van der Waals surface area contributed by atoms with Crippen molar-refractivity contribution in [1.29, 1.82) is 0 Å². The van der Waals surface area contributed by atoms with Gasteiger partial charge in [0.25, 0.3) is 0 Å². The Morgan fingerprint density at radius 1 is 1.39 bits per heavy atom. The Bertz CT molecular complexity index is 663. The number of halogens is 1. The molecule has 1 aromatic rings. The minimum absolute atomic E-state index is 0.105. The average Bonchev–Trinajstić information content (AvgIpc) is 2.47. The fourth-order valence-electron chi connectivity index (χ4n) is 2.77. The highest BCUT2D eigenvalue weighted by atomic mass is 35.5. The number of amides is 1. The quantitative estimate of drug-likeness (QED) is 0.811. The molecule has 0 unspecified atom stereocenters. The molecule has 1 aromatic carbocycles. The zero-order chi connectivity index (χ0) is 17.0. The molecule has 1 heterocycles. The lowest BCUT2D eigenvalue weighted by Crippen LogP contribution is -2.45. The smallest absolute Gasteiger partial charge is 0.237 e. The summed E-state index contributed by atoms with van der Waals surface area (Å²) >= 11 is 6.11. The van der Waals surface area contributed by atoms with E-state index in [0.717, 1.165) is 19.1 Å². The van der Waals surface area contributed by atoms with Gasteiger partial charge in [0.05, 0.1) is 12.8 Å². The van der Waals surface area contributed by atoms with Crippen molar-refractivity contribution in [3.05, 3.63) is 34.9 Å². The molecule has 7 heteroatoms. The Labute approximate surface area is 143 Å². The Balaban J connectivity index is 2.10. The van der Waals surface area contributed by atoms with Crippen molar-refractivity contribution in [3.8, 4) is 0 Å². The monoisotopic (exact) mass is 358 g/mol. The highest BCUT2D eigenvalue weighted by molar-refractivity contribution is 7.88. The number of rotatable bonds is 5. The molecule has 2 rings (SSSR count). The first-order chi connectivity index (χ1) is 10.8. The molecule has 1 saturated heterocycles. The van der Waals surface area contributed by atoms with Crippen LogP contribution in [0.25, 0.3) is 0 Å². The number of carbonyl (C=O) groups excluding carboxylic acids is 1. The molecular weight excluding hydrogens is 336 g/mol. The molecular formula is C16H23ClN2O3S. The van der Waals surface area contributed by atoms with Crippen LogP contribution in [-0.4, -0.2) is 49.4 Å². The molecule has 1 aliphatic heterocycles. The molecule has 0 radical (unpaired) electrons. The van der Waals surface area contributed by atoms with Crippen molar-refractivity contribution in [2.45, 2.75) is 26.3 Å². The summed E-state index contributed by atoms with van der Waals surface area (Å²) in [7, 11) is -3.50. The van der Waals surface area contributed by atoms with E-state index in [-0.39, 0.29) is 19.0 Å². The van der Waals surface area contributed by atoms with Crippen LogP contribution >= 0.6 is 11.6 Å². The summed E-state index contributed by atoms with van der Waals surface area (Å²) in [6.07, 6.45) is 3.20. The Morgan fingerprint density at radius 2 is 2.09 bits per heavy atom. The number of carbonyl (C=O) groups is 1.